The van der Waals surface area contributed by atoms with Crippen LogP contribution in [0.1, 0.15) is 18.6 Å². The molecule has 3 nitrogen and oxygen atoms in total. The molecule has 0 radical (unpaired) electrons. The molecule has 0 amide bonds. The van der Waals surface area contributed by atoms with Gasteiger partial charge in [-0.2, -0.15) is 13.2 Å². The molecular formula is C14H18F4N2O. The molecule has 2 rings (SSSR count). The zero-order chi connectivity index (χ0) is 15.6. The Balaban J connectivity index is 2.09. The van der Waals surface area contributed by atoms with Gasteiger partial charge in [0, 0.05) is 31.7 Å². The first-order valence-corrected chi connectivity index (χ1v) is 6.78. The molecule has 1 N–H and O–H groups in total. The molecule has 0 spiro atoms. The van der Waals surface area contributed by atoms with Crippen LogP contribution < -0.4 is 4.90 Å². The molecule has 0 unspecified atom stereocenters. The van der Waals surface area contributed by atoms with Crippen LogP contribution in [0.2, 0.25) is 0 Å². The molecule has 7 heteroatoms. The predicted molar refractivity (Wildman–Crippen MR) is 71.7 cm³/mol. The normalized spacial score (nSPS) is 18.9. The van der Waals surface area contributed by atoms with Gasteiger partial charge in [-0.05, 0) is 13.0 Å². The fourth-order valence-corrected chi connectivity index (χ4v) is 2.59. The molecule has 1 aromatic carbocycles. The molecule has 21 heavy (non-hydrogen) atoms. The van der Waals surface area contributed by atoms with Gasteiger partial charge in [-0.3, -0.25) is 4.90 Å². The zero-order valence-corrected chi connectivity index (χ0v) is 11.7. The first-order valence-electron chi connectivity index (χ1n) is 6.78. The fraction of sp³-hybridized carbons (Fsp3) is 0.571. The molecule has 0 aliphatic carbocycles. The highest BCUT2D eigenvalue weighted by Crippen LogP contribution is 2.30. The Morgan fingerprint density at radius 2 is 1.81 bits per heavy atom. The Bertz CT molecular complexity index is 482. The summed E-state index contributed by atoms with van der Waals surface area (Å²) in [6.45, 7) is 1.63. The van der Waals surface area contributed by atoms with Gasteiger partial charge in [0.15, 0.2) is 0 Å². The highest BCUT2D eigenvalue weighted by Gasteiger charge is 2.32. The number of aliphatic hydroxyl groups is 1. The lowest BCUT2D eigenvalue weighted by atomic mass is 10.1. The summed E-state index contributed by atoms with van der Waals surface area (Å²) in [5.41, 5.74) is 0.749. The van der Waals surface area contributed by atoms with E-state index in [1.165, 1.54) is 24.0 Å². The minimum absolute atomic E-state index is 0.215. The standard InChI is InChI=1S/C14H18F4N2O/c1-10(21)11-3-2-4-12(15)13(11)20-7-5-19(6-8-20)9-14(16,17)18/h2-4,10,21H,5-9H2,1H3/t10-/m0/s1. The lowest BCUT2D eigenvalue weighted by molar-refractivity contribution is -0.146. The number of hydrogen-bond donors (Lipinski definition) is 1. The third-order valence-corrected chi connectivity index (χ3v) is 3.56. The second-order valence-electron chi connectivity index (χ2n) is 5.23. The van der Waals surface area contributed by atoms with E-state index in [9.17, 15) is 22.7 Å². The van der Waals surface area contributed by atoms with E-state index in [1.54, 1.807) is 11.0 Å². The number of anilines is 1. The van der Waals surface area contributed by atoms with Crippen molar-refractivity contribution >= 4 is 5.69 Å². The maximum Gasteiger partial charge on any atom is 0.401 e. The molecule has 1 aromatic rings. The molecule has 1 atom stereocenters. The minimum Gasteiger partial charge on any atom is -0.389 e. The molecular weight excluding hydrogens is 288 g/mol. The predicted octanol–water partition coefficient (Wildman–Crippen LogP) is 2.56. The number of nitrogens with zero attached hydrogens (tertiary/aromatic N) is 2. The van der Waals surface area contributed by atoms with Crippen molar-refractivity contribution in [1.82, 2.24) is 4.90 Å². The van der Waals surface area contributed by atoms with Crippen LogP contribution >= 0.6 is 0 Å². The van der Waals surface area contributed by atoms with Crippen LogP contribution in [-0.2, 0) is 0 Å². The maximum absolute atomic E-state index is 14.0. The van der Waals surface area contributed by atoms with Gasteiger partial charge in [0.1, 0.15) is 5.82 Å². The van der Waals surface area contributed by atoms with E-state index in [0.717, 1.165) is 0 Å². The van der Waals surface area contributed by atoms with E-state index in [1.807, 2.05) is 0 Å². The van der Waals surface area contributed by atoms with E-state index in [4.69, 9.17) is 0 Å². The number of aliphatic hydroxyl groups excluding tert-OH is 1. The minimum atomic E-state index is -4.22. The largest absolute Gasteiger partial charge is 0.401 e. The van der Waals surface area contributed by atoms with Crippen molar-refractivity contribution in [2.24, 2.45) is 0 Å². The number of benzene rings is 1. The second-order valence-corrected chi connectivity index (χ2v) is 5.23. The number of para-hydroxylation sites is 1. The van der Waals surface area contributed by atoms with Crippen molar-refractivity contribution in [3.8, 4) is 0 Å². The van der Waals surface area contributed by atoms with Gasteiger partial charge in [0.05, 0.1) is 18.3 Å². The number of piperazine rings is 1. The van der Waals surface area contributed by atoms with Crippen LogP contribution in [0.3, 0.4) is 0 Å². The van der Waals surface area contributed by atoms with Gasteiger partial charge in [-0.25, -0.2) is 4.39 Å². The second kappa shape index (κ2) is 6.19. The van der Waals surface area contributed by atoms with Crippen LogP contribution in [0, 0.1) is 5.82 Å². The lowest BCUT2D eigenvalue weighted by Gasteiger charge is -2.37. The topological polar surface area (TPSA) is 26.7 Å². The molecule has 1 aliphatic rings. The smallest absolute Gasteiger partial charge is 0.389 e. The van der Waals surface area contributed by atoms with Gasteiger partial charge in [0.2, 0.25) is 0 Å². The average Bonchev–Trinajstić information content (AvgIpc) is 2.37. The first kappa shape index (κ1) is 16.0. The summed E-state index contributed by atoms with van der Waals surface area (Å²) in [7, 11) is 0. The van der Waals surface area contributed by atoms with Crippen LogP contribution in [0.15, 0.2) is 18.2 Å². The molecule has 0 bridgehead atoms. The van der Waals surface area contributed by atoms with E-state index < -0.39 is 24.6 Å². The van der Waals surface area contributed by atoms with Crippen LogP contribution in [0.5, 0.6) is 0 Å². The van der Waals surface area contributed by atoms with E-state index in [-0.39, 0.29) is 13.1 Å². The lowest BCUT2D eigenvalue weighted by Crippen LogP contribution is -2.49. The highest BCUT2D eigenvalue weighted by molar-refractivity contribution is 5.56. The third-order valence-electron chi connectivity index (χ3n) is 3.56. The van der Waals surface area contributed by atoms with Crippen molar-refractivity contribution in [3.63, 3.8) is 0 Å². The quantitative estimate of drug-likeness (QED) is 0.870. The Morgan fingerprint density at radius 1 is 1.19 bits per heavy atom. The molecule has 1 heterocycles. The Morgan fingerprint density at radius 3 is 2.33 bits per heavy atom. The molecule has 1 saturated heterocycles. The maximum atomic E-state index is 14.0. The SMILES string of the molecule is C[C@H](O)c1cccc(F)c1N1CCN(CC(F)(F)F)CC1. The van der Waals surface area contributed by atoms with Crippen molar-refractivity contribution in [2.75, 3.05) is 37.6 Å². The van der Waals surface area contributed by atoms with Gasteiger partial charge in [-0.15, -0.1) is 0 Å². The van der Waals surface area contributed by atoms with Gasteiger partial charge >= 0.3 is 6.18 Å². The summed E-state index contributed by atoms with van der Waals surface area (Å²) in [5.74, 6) is -0.460. The number of halogens is 4. The Kier molecular flexibility index (Phi) is 4.73. The van der Waals surface area contributed by atoms with Crippen LogP contribution in [0.4, 0.5) is 23.2 Å². The molecule has 118 valence electrons. The first-order chi connectivity index (χ1) is 9.78. The average molecular weight is 306 g/mol. The summed E-state index contributed by atoms with van der Waals surface area (Å²) in [4.78, 5) is 3.00. The van der Waals surface area contributed by atoms with Crippen molar-refractivity contribution < 1.29 is 22.7 Å². The summed E-state index contributed by atoms with van der Waals surface area (Å²) >= 11 is 0. The monoisotopic (exact) mass is 306 g/mol. The molecule has 0 aromatic heterocycles. The summed E-state index contributed by atoms with van der Waals surface area (Å²) in [6.07, 6.45) is -5.05. The zero-order valence-electron chi connectivity index (χ0n) is 11.7. The molecule has 0 saturated carbocycles. The van der Waals surface area contributed by atoms with Crippen LogP contribution in [-0.4, -0.2) is 48.9 Å². The Labute approximate surface area is 120 Å². The van der Waals surface area contributed by atoms with Crippen molar-refractivity contribution in [2.45, 2.75) is 19.2 Å². The Hall–Kier alpha value is -1.34. The van der Waals surface area contributed by atoms with Crippen molar-refractivity contribution in [3.05, 3.63) is 29.6 Å². The fourth-order valence-electron chi connectivity index (χ4n) is 2.59. The van der Waals surface area contributed by atoms with E-state index in [2.05, 4.69) is 0 Å². The number of alkyl halides is 3. The van der Waals surface area contributed by atoms with E-state index >= 15 is 0 Å². The third kappa shape index (κ3) is 4.07. The molecule has 1 fully saturated rings. The van der Waals surface area contributed by atoms with E-state index in [0.29, 0.717) is 24.3 Å². The highest BCUT2D eigenvalue weighted by atomic mass is 19.4. The molecule has 1 aliphatic heterocycles. The van der Waals surface area contributed by atoms with Gasteiger partial charge in [-0.1, -0.05) is 12.1 Å². The van der Waals surface area contributed by atoms with Crippen LogP contribution in [0.25, 0.3) is 0 Å². The van der Waals surface area contributed by atoms with Gasteiger partial charge in [0.25, 0.3) is 0 Å². The summed E-state index contributed by atoms with van der Waals surface area (Å²) < 4.78 is 51.1. The summed E-state index contributed by atoms with van der Waals surface area (Å²) in [5, 5.41) is 9.71. The summed E-state index contributed by atoms with van der Waals surface area (Å²) in [6, 6.07) is 4.44. The number of hydrogen-bond acceptors (Lipinski definition) is 3. The van der Waals surface area contributed by atoms with Gasteiger partial charge < -0.3 is 10.0 Å². The van der Waals surface area contributed by atoms with Crippen molar-refractivity contribution in [1.29, 1.82) is 0 Å². The number of rotatable bonds is 3.